The van der Waals surface area contributed by atoms with Crippen molar-refractivity contribution in [2.75, 3.05) is 16.0 Å². The molecule has 0 radical (unpaired) electrons. The fraction of sp³-hybridized carbons (Fsp3) is 0.312. The molecule has 2 aliphatic rings. The molecular formula is C32H37N5O. The van der Waals surface area contributed by atoms with Crippen molar-refractivity contribution in [2.45, 2.75) is 58.3 Å². The zero-order chi connectivity index (χ0) is 26.9. The topological polar surface area (TPSA) is 71.0 Å². The van der Waals surface area contributed by atoms with E-state index in [2.05, 4.69) is 67.6 Å². The van der Waals surface area contributed by atoms with Gasteiger partial charge in [0.15, 0.2) is 5.82 Å². The highest BCUT2D eigenvalue weighted by atomic mass is 16.1. The molecule has 1 aromatic heterocycles. The average Bonchev–Trinajstić information content (AvgIpc) is 3.69. The van der Waals surface area contributed by atoms with Gasteiger partial charge in [0.1, 0.15) is 5.82 Å². The molecule has 0 unspecified atom stereocenters. The van der Waals surface area contributed by atoms with E-state index < -0.39 is 0 Å². The predicted molar refractivity (Wildman–Crippen MR) is 159 cm³/mol. The second-order valence-corrected chi connectivity index (χ2v) is 11.2. The standard InChI is InChI=1S/C32H37N5O/c1-6-27(21-10-7-11-21)33-25-14-9-15-26(19-25)34-30-31(38)37(5)20-28(36-30)35-29(22-16-17-22)23-12-8-13-24(18-23)32(2,3)4/h6,8-9,12-15,18-20,33,35H,1,7,10-11,16-17H2,2-5H3,(H,34,36). The van der Waals surface area contributed by atoms with Crippen molar-refractivity contribution < 1.29 is 0 Å². The fourth-order valence-corrected chi connectivity index (χ4v) is 4.57. The van der Waals surface area contributed by atoms with Crippen LogP contribution in [0, 0.1) is 0 Å². The SMILES string of the molecule is C=CC(Nc1cccc(Nc2nc(NC(=C3CC3)c3cccc(C(C)(C)C)c3)cn(C)c2=O)c1)=C1CCC1. The highest BCUT2D eigenvalue weighted by molar-refractivity contribution is 5.80. The monoisotopic (exact) mass is 507 g/mol. The molecule has 6 nitrogen and oxygen atoms in total. The lowest BCUT2D eigenvalue weighted by molar-refractivity contribution is 0.590. The average molecular weight is 508 g/mol. The van der Waals surface area contributed by atoms with Crippen molar-refractivity contribution in [3.63, 3.8) is 0 Å². The van der Waals surface area contributed by atoms with Crippen LogP contribution >= 0.6 is 0 Å². The summed E-state index contributed by atoms with van der Waals surface area (Å²) in [5.74, 6) is 0.905. The Morgan fingerprint density at radius 2 is 1.71 bits per heavy atom. The zero-order valence-corrected chi connectivity index (χ0v) is 22.8. The van der Waals surface area contributed by atoms with Gasteiger partial charge in [-0.2, -0.15) is 0 Å². The number of nitrogens with one attached hydrogen (secondary N) is 3. The first kappa shape index (κ1) is 25.6. The number of nitrogens with zero attached hydrogens (tertiary/aromatic N) is 2. The molecule has 6 heteroatoms. The van der Waals surface area contributed by atoms with E-state index in [-0.39, 0.29) is 16.8 Å². The molecule has 3 aromatic rings. The van der Waals surface area contributed by atoms with Gasteiger partial charge < -0.3 is 20.5 Å². The lowest BCUT2D eigenvalue weighted by Gasteiger charge is -2.21. The molecular weight excluding hydrogens is 470 g/mol. The van der Waals surface area contributed by atoms with Crippen LogP contribution in [-0.4, -0.2) is 9.55 Å². The molecule has 196 valence electrons. The van der Waals surface area contributed by atoms with Crippen LogP contribution in [0.3, 0.4) is 0 Å². The van der Waals surface area contributed by atoms with Crippen LogP contribution in [0.2, 0.25) is 0 Å². The summed E-state index contributed by atoms with van der Waals surface area (Å²) >= 11 is 0. The second kappa shape index (κ2) is 10.4. The van der Waals surface area contributed by atoms with Crippen LogP contribution in [-0.2, 0) is 12.5 Å². The molecule has 3 N–H and O–H groups in total. The Balaban J connectivity index is 1.40. The molecule has 0 saturated heterocycles. The predicted octanol–water partition coefficient (Wildman–Crippen LogP) is 7.47. The molecule has 1 heterocycles. The fourth-order valence-electron chi connectivity index (χ4n) is 4.57. The van der Waals surface area contributed by atoms with E-state index in [0.717, 1.165) is 54.0 Å². The minimum absolute atomic E-state index is 0.0610. The number of aryl methyl sites for hydroxylation is 1. The summed E-state index contributed by atoms with van der Waals surface area (Å²) in [7, 11) is 1.75. The van der Waals surface area contributed by atoms with Crippen molar-refractivity contribution >= 4 is 28.7 Å². The van der Waals surface area contributed by atoms with Crippen LogP contribution in [0.4, 0.5) is 23.0 Å². The molecule has 0 bridgehead atoms. The van der Waals surface area contributed by atoms with Gasteiger partial charge in [-0.15, -0.1) is 0 Å². The van der Waals surface area contributed by atoms with Crippen molar-refractivity contribution in [3.05, 3.63) is 106 Å². The minimum atomic E-state index is -0.187. The van der Waals surface area contributed by atoms with E-state index in [1.54, 1.807) is 17.8 Å². The molecule has 2 aromatic carbocycles. The Hall–Kier alpha value is -4.06. The molecule has 0 amide bonds. The number of anilines is 4. The van der Waals surface area contributed by atoms with Crippen LogP contribution in [0.1, 0.15) is 64.0 Å². The lowest BCUT2D eigenvalue weighted by Crippen LogP contribution is -2.22. The van der Waals surface area contributed by atoms with E-state index in [0.29, 0.717) is 5.82 Å². The Labute approximate surface area is 225 Å². The maximum absolute atomic E-state index is 13.0. The van der Waals surface area contributed by atoms with Crippen LogP contribution < -0.4 is 21.5 Å². The highest BCUT2D eigenvalue weighted by Crippen LogP contribution is 2.38. The largest absolute Gasteiger partial charge is 0.356 e. The third-order valence-corrected chi connectivity index (χ3v) is 7.14. The molecule has 2 saturated carbocycles. The summed E-state index contributed by atoms with van der Waals surface area (Å²) in [6.07, 6.45) is 9.24. The number of aromatic nitrogens is 2. The summed E-state index contributed by atoms with van der Waals surface area (Å²) in [5.41, 5.74) is 8.97. The lowest BCUT2D eigenvalue weighted by atomic mass is 9.86. The number of benzene rings is 2. The summed E-state index contributed by atoms with van der Waals surface area (Å²) in [6.45, 7) is 10.6. The van der Waals surface area contributed by atoms with Crippen molar-refractivity contribution in [3.8, 4) is 0 Å². The summed E-state index contributed by atoms with van der Waals surface area (Å²) < 4.78 is 1.57. The molecule has 5 rings (SSSR count). The van der Waals surface area contributed by atoms with Gasteiger partial charge in [0.2, 0.25) is 0 Å². The molecule has 2 aliphatic carbocycles. The number of hydrogen-bond donors (Lipinski definition) is 3. The third kappa shape index (κ3) is 5.75. The first-order valence-electron chi connectivity index (χ1n) is 13.4. The molecule has 38 heavy (non-hydrogen) atoms. The van der Waals surface area contributed by atoms with Crippen LogP contribution in [0.25, 0.3) is 5.70 Å². The van der Waals surface area contributed by atoms with Crippen LogP contribution in [0.15, 0.2) is 89.0 Å². The maximum atomic E-state index is 13.0. The van der Waals surface area contributed by atoms with Crippen molar-refractivity contribution in [1.82, 2.24) is 9.55 Å². The maximum Gasteiger partial charge on any atom is 0.293 e. The quantitative estimate of drug-likeness (QED) is 0.295. The van der Waals surface area contributed by atoms with Gasteiger partial charge in [-0.3, -0.25) is 4.79 Å². The summed E-state index contributed by atoms with van der Waals surface area (Å²) in [4.78, 5) is 17.7. The Kier molecular flexibility index (Phi) is 6.98. The normalized spacial score (nSPS) is 14.4. The second-order valence-electron chi connectivity index (χ2n) is 11.2. The molecule has 2 fully saturated rings. The van der Waals surface area contributed by atoms with E-state index in [9.17, 15) is 4.79 Å². The first-order chi connectivity index (χ1) is 18.2. The van der Waals surface area contributed by atoms with Gasteiger partial charge in [-0.05, 0) is 90.1 Å². The molecule has 0 aliphatic heterocycles. The highest BCUT2D eigenvalue weighted by Gasteiger charge is 2.22. The molecule has 0 spiro atoms. The van der Waals surface area contributed by atoms with Crippen LogP contribution in [0.5, 0.6) is 0 Å². The Bertz CT molecular complexity index is 1490. The Morgan fingerprint density at radius 1 is 0.974 bits per heavy atom. The molecule has 0 atom stereocenters. The first-order valence-corrected chi connectivity index (χ1v) is 13.4. The zero-order valence-electron chi connectivity index (χ0n) is 22.8. The number of rotatable bonds is 8. The van der Waals surface area contributed by atoms with Gasteiger partial charge in [0, 0.05) is 36.0 Å². The van der Waals surface area contributed by atoms with Gasteiger partial charge >= 0.3 is 0 Å². The third-order valence-electron chi connectivity index (χ3n) is 7.14. The van der Waals surface area contributed by atoms with Gasteiger partial charge in [-0.25, -0.2) is 4.98 Å². The van der Waals surface area contributed by atoms with Crippen molar-refractivity contribution in [2.24, 2.45) is 7.05 Å². The Morgan fingerprint density at radius 3 is 2.37 bits per heavy atom. The number of allylic oxidation sites excluding steroid dienone is 3. The van der Waals surface area contributed by atoms with Gasteiger partial charge in [-0.1, -0.05) is 51.6 Å². The van der Waals surface area contributed by atoms with E-state index >= 15 is 0 Å². The minimum Gasteiger partial charge on any atom is -0.356 e. The van der Waals surface area contributed by atoms with E-state index in [1.807, 2.05) is 30.3 Å². The van der Waals surface area contributed by atoms with Crippen molar-refractivity contribution in [1.29, 1.82) is 0 Å². The summed E-state index contributed by atoms with van der Waals surface area (Å²) in [6, 6.07) is 16.6. The van der Waals surface area contributed by atoms with E-state index in [1.165, 1.54) is 23.1 Å². The number of hydrogen-bond acceptors (Lipinski definition) is 5. The van der Waals surface area contributed by atoms with E-state index in [4.69, 9.17) is 4.98 Å². The summed E-state index contributed by atoms with van der Waals surface area (Å²) in [5, 5.41) is 10.3. The van der Waals surface area contributed by atoms with Gasteiger partial charge in [0.05, 0.1) is 0 Å². The smallest absolute Gasteiger partial charge is 0.293 e. The van der Waals surface area contributed by atoms with Gasteiger partial charge in [0.25, 0.3) is 5.56 Å².